The number of hydrogen-bond donors (Lipinski definition) is 0. The highest BCUT2D eigenvalue weighted by atomic mass is 35.5. The molecule has 0 radical (unpaired) electrons. The zero-order chi connectivity index (χ0) is 19.8. The van der Waals surface area contributed by atoms with Crippen molar-refractivity contribution in [2.45, 2.75) is 6.42 Å². The molecule has 3 heterocycles. The number of hydrogen-bond acceptors (Lipinski definition) is 5. The third-order valence-corrected chi connectivity index (χ3v) is 4.70. The first-order chi connectivity index (χ1) is 14.2. The van der Waals surface area contributed by atoms with E-state index in [0.717, 1.165) is 16.8 Å². The van der Waals surface area contributed by atoms with Gasteiger partial charge in [0, 0.05) is 22.8 Å². The highest BCUT2D eigenvalue weighted by Crippen LogP contribution is 2.24. The Labute approximate surface area is 169 Å². The number of halogens is 2. The fourth-order valence-electron chi connectivity index (χ4n) is 3.04. The minimum absolute atomic E-state index is 0.292. The van der Waals surface area contributed by atoms with Crippen molar-refractivity contribution < 1.29 is 8.81 Å². The summed E-state index contributed by atoms with van der Waals surface area (Å²) in [5, 5.41) is 13.5. The van der Waals surface area contributed by atoms with Crippen LogP contribution in [-0.4, -0.2) is 24.8 Å². The normalized spacial score (nSPS) is 11.2. The van der Waals surface area contributed by atoms with E-state index in [-0.39, 0.29) is 5.82 Å². The van der Waals surface area contributed by atoms with Gasteiger partial charge in [0.1, 0.15) is 5.82 Å². The molecule has 29 heavy (non-hydrogen) atoms. The number of nitrogens with zero attached hydrogens (tertiary/aromatic N) is 5. The highest BCUT2D eigenvalue weighted by Gasteiger charge is 2.15. The van der Waals surface area contributed by atoms with Crippen LogP contribution in [0.1, 0.15) is 11.5 Å². The van der Waals surface area contributed by atoms with Gasteiger partial charge in [-0.1, -0.05) is 23.7 Å². The molecule has 5 rings (SSSR count). The molecule has 2 aromatic carbocycles. The second kappa shape index (κ2) is 7.10. The van der Waals surface area contributed by atoms with Gasteiger partial charge >= 0.3 is 0 Å². The lowest BCUT2D eigenvalue weighted by atomic mass is 10.1. The van der Waals surface area contributed by atoms with E-state index >= 15 is 0 Å². The van der Waals surface area contributed by atoms with Crippen LogP contribution in [0.4, 0.5) is 4.39 Å². The van der Waals surface area contributed by atoms with Crippen molar-refractivity contribution in [3.05, 3.63) is 89.2 Å². The first kappa shape index (κ1) is 17.5. The first-order valence-electron chi connectivity index (χ1n) is 8.84. The number of benzene rings is 2. The third-order valence-electron chi connectivity index (χ3n) is 4.45. The molecule has 0 atom stereocenters. The summed E-state index contributed by atoms with van der Waals surface area (Å²) in [4.78, 5) is 4.34. The molecule has 0 spiro atoms. The monoisotopic (exact) mass is 405 g/mol. The Bertz CT molecular complexity index is 1300. The van der Waals surface area contributed by atoms with Crippen LogP contribution in [0.3, 0.4) is 0 Å². The molecule has 0 unspecified atom stereocenters. The molecule has 0 aliphatic carbocycles. The summed E-state index contributed by atoms with van der Waals surface area (Å²) in [6, 6.07) is 17.3. The predicted molar refractivity (Wildman–Crippen MR) is 106 cm³/mol. The van der Waals surface area contributed by atoms with Crippen molar-refractivity contribution in [1.82, 2.24) is 24.8 Å². The van der Waals surface area contributed by atoms with Crippen LogP contribution in [0, 0.1) is 5.82 Å². The molecular weight excluding hydrogens is 393 g/mol. The van der Waals surface area contributed by atoms with E-state index in [2.05, 4.69) is 20.3 Å². The Hall–Kier alpha value is -3.58. The van der Waals surface area contributed by atoms with E-state index in [1.165, 1.54) is 12.1 Å². The summed E-state index contributed by atoms with van der Waals surface area (Å²) in [6.07, 6.45) is 2.18. The molecule has 5 aromatic rings. The smallest absolute Gasteiger partial charge is 0.268 e. The summed E-state index contributed by atoms with van der Waals surface area (Å²) in [6.45, 7) is 0. The lowest BCUT2D eigenvalue weighted by molar-refractivity contribution is 0.516. The third kappa shape index (κ3) is 3.48. The molecule has 0 aliphatic rings. The van der Waals surface area contributed by atoms with Crippen molar-refractivity contribution in [2.75, 3.05) is 0 Å². The first-order valence-corrected chi connectivity index (χ1v) is 9.21. The van der Waals surface area contributed by atoms with Crippen LogP contribution in [0.5, 0.6) is 0 Å². The molecule has 0 N–H and O–H groups in total. The molecule has 0 fully saturated rings. The SMILES string of the molecule is Fc1ccc(-c2ccnc3cc(-c4nnc(Cc5ccc(Cl)cc5)o4)nn23)cc1. The van der Waals surface area contributed by atoms with Gasteiger partial charge in [0.25, 0.3) is 5.89 Å². The van der Waals surface area contributed by atoms with E-state index in [1.807, 2.05) is 30.3 Å². The van der Waals surface area contributed by atoms with E-state index in [4.69, 9.17) is 16.0 Å². The topological polar surface area (TPSA) is 69.1 Å². The van der Waals surface area contributed by atoms with Gasteiger partial charge in [-0.2, -0.15) is 5.10 Å². The van der Waals surface area contributed by atoms with Gasteiger partial charge in [0.05, 0.1) is 12.1 Å². The Kier molecular flexibility index (Phi) is 4.29. The second-order valence-corrected chi connectivity index (χ2v) is 6.88. The lowest BCUT2D eigenvalue weighted by Gasteiger charge is -2.03. The Balaban J connectivity index is 1.48. The molecule has 0 bridgehead atoms. The summed E-state index contributed by atoms with van der Waals surface area (Å²) >= 11 is 5.92. The maximum atomic E-state index is 13.3. The molecule has 0 saturated carbocycles. The number of rotatable bonds is 4. The van der Waals surface area contributed by atoms with Crippen LogP contribution in [0.25, 0.3) is 28.5 Å². The molecule has 0 amide bonds. The molecule has 0 saturated heterocycles. The van der Waals surface area contributed by atoms with Crippen molar-refractivity contribution in [2.24, 2.45) is 0 Å². The maximum absolute atomic E-state index is 13.3. The molecule has 8 heteroatoms. The van der Waals surface area contributed by atoms with Gasteiger partial charge in [-0.25, -0.2) is 13.9 Å². The highest BCUT2D eigenvalue weighted by molar-refractivity contribution is 6.30. The largest absolute Gasteiger partial charge is 0.419 e. The van der Waals surface area contributed by atoms with E-state index in [9.17, 15) is 4.39 Å². The fraction of sp³-hybridized carbons (Fsp3) is 0.0476. The van der Waals surface area contributed by atoms with Crippen LogP contribution in [0.2, 0.25) is 5.02 Å². The van der Waals surface area contributed by atoms with Crippen molar-refractivity contribution in [3.63, 3.8) is 0 Å². The van der Waals surface area contributed by atoms with Gasteiger partial charge in [0.15, 0.2) is 11.3 Å². The Morgan fingerprint density at radius 3 is 2.55 bits per heavy atom. The maximum Gasteiger partial charge on any atom is 0.268 e. The molecule has 3 aromatic heterocycles. The minimum atomic E-state index is -0.292. The number of aromatic nitrogens is 5. The quantitative estimate of drug-likeness (QED) is 0.428. The Morgan fingerprint density at radius 1 is 0.966 bits per heavy atom. The Morgan fingerprint density at radius 2 is 1.76 bits per heavy atom. The van der Waals surface area contributed by atoms with E-state index in [1.54, 1.807) is 28.9 Å². The van der Waals surface area contributed by atoms with Gasteiger partial charge in [-0.15, -0.1) is 10.2 Å². The van der Waals surface area contributed by atoms with Gasteiger partial charge in [-0.3, -0.25) is 0 Å². The van der Waals surface area contributed by atoms with E-state index in [0.29, 0.717) is 34.6 Å². The van der Waals surface area contributed by atoms with E-state index < -0.39 is 0 Å². The average Bonchev–Trinajstić information content (AvgIpc) is 3.37. The minimum Gasteiger partial charge on any atom is -0.419 e. The van der Waals surface area contributed by atoms with Crippen molar-refractivity contribution in [3.8, 4) is 22.8 Å². The zero-order valence-corrected chi connectivity index (χ0v) is 15.7. The summed E-state index contributed by atoms with van der Waals surface area (Å²) in [5.74, 6) is 0.495. The number of fused-ring (bicyclic) bond motifs is 1. The van der Waals surface area contributed by atoms with Gasteiger partial charge in [0.2, 0.25) is 5.89 Å². The van der Waals surface area contributed by atoms with Crippen LogP contribution >= 0.6 is 11.6 Å². The molecule has 0 aliphatic heterocycles. The van der Waals surface area contributed by atoms with Crippen molar-refractivity contribution >= 4 is 17.2 Å². The zero-order valence-electron chi connectivity index (χ0n) is 15.0. The molecule has 6 nitrogen and oxygen atoms in total. The fourth-order valence-corrected chi connectivity index (χ4v) is 3.17. The lowest BCUT2D eigenvalue weighted by Crippen LogP contribution is -1.95. The van der Waals surface area contributed by atoms with Gasteiger partial charge < -0.3 is 4.42 Å². The second-order valence-electron chi connectivity index (χ2n) is 6.44. The standard InChI is InChI=1S/C21H13ClFN5O/c22-15-5-1-13(2-6-15)11-20-25-26-21(29-20)17-12-19-24-10-9-18(28(19)27-17)14-3-7-16(23)8-4-14/h1-10,12H,11H2. The summed E-state index contributed by atoms with van der Waals surface area (Å²) in [5.41, 5.74) is 3.76. The summed E-state index contributed by atoms with van der Waals surface area (Å²) in [7, 11) is 0. The van der Waals surface area contributed by atoms with Crippen LogP contribution in [-0.2, 0) is 6.42 Å². The molecule has 142 valence electrons. The summed E-state index contributed by atoms with van der Waals surface area (Å²) < 4.78 is 20.7. The van der Waals surface area contributed by atoms with Crippen LogP contribution in [0.15, 0.2) is 71.3 Å². The average molecular weight is 406 g/mol. The van der Waals surface area contributed by atoms with Crippen LogP contribution < -0.4 is 0 Å². The van der Waals surface area contributed by atoms with Crippen molar-refractivity contribution in [1.29, 1.82) is 0 Å². The molecular formula is C21H13ClFN5O. The predicted octanol–water partition coefficient (Wildman–Crippen LogP) is 4.83. The van der Waals surface area contributed by atoms with Gasteiger partial charge in [-0.05, 0) is 48.0 Å².